The van der Waals surface area contributed by atoms with Gasteiger partial charge in [0.1, 0.15) is 5.75 Å². The third-order valence-corrected chi connectivity index (χ3v) is 5.38. The van der Waals surface area contributed by atoms with Crippen molar-refractivity contribution in [2.45, 2.75) is 12.8 Å². The molecule has 4 rings (SSSR count). The van der Waals surface area contributed by atoms with Gasteiger partial charge < -0.3 is 9.64 Å². The van der Waals surface area contributed by atoms with Crippen LogP contribution in [0.5, 0.6) is 5.75 Å². The van der Waals surface area contributed by atoms with Crippen LogP contribution in [0.4, 0.5) is 0 Å². The standard InChI is InChI=1S/C23H23N3O3/c1-29-21-9-7-17(8-10-21)22(27)18-11-13-25(14-12-18)23(28)19-15-24-26(16-19)20-5-3-2-4-6-20/h2-10,15-16,18H,11-14H2,1H3. The Kier molecular flexibility index (Phi) is 5.42. The number of hydrogen-bond acceptors (Lipinski definition) is 4. The number of Topliss-reactive ketones (excluding diaryl/α,β-unsaturated/α-hetero) is 1. The van der Waals surface area contributed by atoms with Gasteiger partial charge in [0.05, 0.1) is 24.6 Å². The first-order valence-electron chi connectivity index (χ1n) is 9.73. The van der Waals surface area contributed by atoms with Crippen molar-refractivity contribution >= 4 is 11.7 Å². The van der Waals surface area contributed by atoms with Crippen molar-refractivity contribution in [3.63, 3.8) is 0 Å². The Hall–Kier alpha value is -3.41. The summed E-state index contributed by atoms with van der Waals surface area (Å²) in [5.41, 5.74) is 2.17. The summed E-state index contributed by atoms with van der Waals surface area (Å²) in [6, 6.07) is 16.9. The first-order valence-corrected chi connectivity index (χ1v) is 9.73. The lowest BCUT2D eigenvalue weighted by Gasteiger charge is -2.31. The van der Waals surface area contributed by atoms with E-state index >= 15 is 0 Å². The molecule has 6 heteroatoms. The van der Waals surface area contributed by atoms with Crippen LogP contribution in [0.1, 0.15) is 33.6 Å². The van der Waals surface area contributed by atoms with Crippen molar-refractivity contribution in [2.24, 2.45) is 5.92 Å². The van der Waals surface area contributed by atoms with Crippen LogP contribution < -0.4 is 4.74 Å². The molecule has 0 radical (unpaired) electrons. The molecule has 1 aliphatic rings. The third kappa shape index (κ3) is 4.06. The number of likely N-dealkylation sites (tertiary alicyclic amines) is 1. The monoisotopic (exact) mass is 389 g/mol. The highest BCUT2D eigenvalue weighted by Gasteiger charge is 2.29. The lowest BCUT2D eigenvalue weighted by molar-refractivity contribution is 0.0650. The van der Waals surface area contributed by atoms with Gasteiger partial charge in [-0.1, -0.05) is 18.2 Å². The van der Waals surface area contributed by atoms with Crippen LogP contribution in [0.25, 0.3) is 5.69 Å². The molecule has 0 N–H and O–H groups in total. The van der Waals surface area contributed by atoms with Gasteiger partial charge >= 0.3 is 0 Å². The number of aromatic nitrogens is 2. The van der Waals surface area contributed by atoms with Crippen LogP contribution in [0.2, 0.25) is 0 Å². The van der Waals surface area contributed by atoms with E-state index in [1.54, 1.807) is 48.5 Å². The zero-order chi connectivity index (χ0) is 20.2. The molecule has 0 bridgehead atoms. The Morgan fingerprint density at radius 1 is 0.966 bits per heavy atom. The van der Waals surface area contributed by atoms with E-state index in [1.807, 2.05) is 35.2 Å². The number of rotatable bonds is 5. The molecule has 1 aromatic heterocycles. The Balaban J connectivity index is 1.37. The molecule has 1 fully saturated rings. The zero-order valence-electron chi connectivity index (χ0n) is 16.3. The van der Waals surface area contributed by atoms with E-state index < -0.39 is 0 Å². The fourth-order valence-corrected chi connectivity index (χ4v) is 3.67. The van der Waals surface area contributed by atoms with Gasteiger partial charge in [-0.25, -0.2) is 4.68 Å². The lowest BCUT2D eigenvalue weighted by atomic mass is 9.88. The Morgan fingerprint density at radius 2 is 1.66 bits per heavy atom. The van der Waals surface area contributed by atoms with Crippen LogP contribution in [-0.4, -0.2) is 46.6 Å². The van der Waals surface area contributed by atoms with Crippen LogP contribution in [-0.2, 0) is 0 Å². The maximum absolute atomic E-state index is 12.8. The summed E-state index contributed by atoms with van der Waals surface area (Å²) in [7, 11) is 1.60. The zero-order valence-corrected chi connectivity index (χ0v) is 16.3. The van der Waals surface area contributed by atoms with Crippen LogP contribution in [0.3, 0.4) is 0 Å². The number of nitrogens with zero attached hydrogens (tertiary/aromatic N) is 3. The number of hydrogen-bond donors (Lipinski definition) is 0. The van der Waals surface area contributed by atoms with Gasteiger partial charge in [0.25, 0.3) is 5.91 Å². The summed E-state index contributed by atoms with van der Waals surface area (Å²) in [5, 5.41) is 4.30. The van der Waals surface area contributed by atoms with E-state index in [9.17, 15) is 9.59 Å². The second-order valence-electron chi connectivity index (χ2n) is 7.17. The molecule has 148 valence electrons. The van der Waals surface area contributed by atoms with E-state index in [0.717, 1.165) is 11.4 Å². The molecule has 0 spiro atoms. The maximum atomic E-state index is 12.8. The number of benzene rings is 2. The van der Waals surface area contributed by atoms with E-state index in [1.165, 1.54) is 0 Å². The number of amides is 1. The van der Waals surface area contributed by atoms with Crippen molar-refractivity contribution in [3.8, 4) is 11.4 Å². The predicted molar refractivity (Wildman–Crippen MR) is 110 cm³/mol. The van der Waals surface area contributed by atoms with Gasteiger partial charge in [0, 0.05) is 30.8 Å². The first-order chi connectivity index (χ1) is 14.2. The van der Waals surface area contributed by atoms with Gasteiger partial charge in [0.2, 0.25) is 0 Å². The fourth-order valence-electron chi connectivity index (χ4n) is 3.67. The Bertz CT molecular complexity index is 988. The average Bonchev–Trinajstić information content (AvgIpc) is 3.29. The van der Waals surface area contributed by atoms with Gasteiger partial charge in [-0.15, -0.1) is 0 Å². The number of ether oxygens (including phenoxy) is 1. The number of piperidine rings is 1. The van der Waals surface area contributed by atoms with Crippen LogP contribution in [0.15, 0.2) is 67.0 Å². The van der Waals surface area contributed by atoms with Crippen molar-refractivity contribution in [1.82, 2.24) is 14.7 Å². The molecule has 0 atom stereocenters. The second kappa shape index (κ2) is 8.31. The third-order valence-electron chi connectivity index (χ3n) is 5.38. The fraction of sp³-hybridized carbons (Fsp3) is 0.261. The van der Waals surface area contributed by atoms with E-state index in [2.05, 4.69) is 5.10 Å². The number of ketones is 1. The highest BCUT2D eigenvalue weighted by Crippen LogP contribution is 2.24. The Morgan fingerprint density at radius 3 is 2.31 bits per heavy atom. The summed E-state index contributed by atoms with van der Waals surface area (Å²) in [4.78, 5) is 27.4. The lowest BCUT2D eigenvalue weighted by Crippen LogP contribution is -2.40. The molecule has 29 heavy (non-hydrogen) atoms. The van der Waals surface area contributed by atoms with Gasteiger partial charge in [-0.2, -0.15) is 5.10 Å². The summed E-state index contributed by atoms with van der Waals surface area (Å²) < 4.78 is 6.85. The number of carbonyl (C=O) groups is 2. The van der Waals surface area contributed by atoms with E-state index in [-0.39, 0.29) is 17.6 Å². The summed E-state index contributed by atoms with van der Waals surface area (Å²) in [6.45, 7) is 1.14. The number of para-hydroxylation sites is 1. The molecule has 2 heterocycles. The minimum atomic E-state index is -0.0560. The smallest absolute Gasteiger partial charge is 0.257 e. The summed E-state index contributed by atoms with van der Waals surface area (Å²) >= 11 is 0. The minimum Gasteiger partial charge on any atom is -0.497 e. The maximum Gasteiger partial charge on any atom is 0.257 e. The molecule has 2 aromatic carbocycles. The summed E-state index contributed by atoms with van der Waals surface area (Å²) in [6.07, 6.45) is 4.70. The van der Waals surface area contributed by atoms with Gasteiger partial charge in [0.15, 0.2) is 5.78 Å². The van der Waals surface area contributed by atoms with Gasteiger partial charge in [-0.05, 0) is 49.2 Å². The molecule has 0 unspecified atom stereocenters. The normalized spacial score (nSPS) is 14.6. The Labute approximate surface area is 169 Å². The molecule has 1 aliphatic heterocycles. The highest BCUT2D eigenvalue weighted by atomic mass is 16.5. The van der Waals surface area contributed by atoms with Crippen molar-refractivity contribution in [3.05, 3.63) is 78.1 Å². The van der Waals surface area contributed by atoms with E-state index in [0.29, 0.717) is 37.1 Å². The molecule has 0 aliphatic carbocycles. The van der Waals surface area contributed by atoms with Crippen LogP contribution >= 0.6 is 0 Å². The minimum absolute atomic E-state index is 0.0393. The SMILES string of the molecule is COc1ccc(C(=O)C2CCN(C(=O)c3cnn(-c4ccccc4)c3)CC2)cc1. The van der Waals surface area contributed by atoms with Crippen molar-refractivity contribution in [2.75, 3.05) is 20.2 Å². The molecule has 1 amide bonds. The second-order valence-corrected chi connectivity index (χ2v) is 7.17. The summed E-state index contributed by atoms with van der Waals surface area (Å²) in [5.74, 6) is 0.775. The van der Waals surface area contributed by atoms with Gasteiger partial charge in [-0.3, -0.25) is 9.59 Å². The van der Waals surface area contributed by atoms with Crippen molar-refractivity contribution in [1.29, 1.82) is 0 Å². The molecular weight excluding hydrogens is 366 g/mol. The first kappa shape index (κ1) is 18.9. The molecule has 3 aromatic rings. The molecule has 0 saturated carbocycles. The largest absolute Gasteiger partial charge is 0.497 e. The number of carbonyl (C=O) groups excluding carboxylic acids is 2. The molecule has 1 saturated heterocycles. The topological polar surface area (TPSA) is 64.4 Å². The van der Waals surface area contributed by atoms with Crippen LogP contribution in [0, 0.1) is 5.92 Å². The predicted octanol–water partition coefficient (Wildman–Crippen LogP) is 3.62. The average molecular weight is 389 g/mol. The van der Waals surface area contributed by atoms with E-state index in [4.69, 9.17) is 4.74 Å². The molecular formula is C23H23N3O3. The molecule has 6 nitrogen and oxygen atoms in total. The highest BCUT2D eigenvalue weighted by molar-refractivity contribution is 5.98. The van der Waals surface area contributed by atoms with Crippen molar-refractivity contribution < 1.29 is 14.3 Å². The quantitative estimate of drug-likeness (QED) is 0.625. The number of methoxy groups -OCH3 is 1.